The van der Waals surface area contributed by atoms with Gasteiger partial charge < -0.3 is 0 Å². The topological polar surface area (TPSA) is 38.7 Å². The van der Waals surface area contributed by atoms with E-state index in [1.54, 1.807) is 29.7 Å². The molecule has 0 fully saturated rings. The highest BCUT2D eigenvalue weighted by atomic mass is 32.2. The van der Waals surface area contributed by atoms with E-state index in [0.29, 0.717) is 0 Å². The van der Waals surface area contributed by atoms with Crippen molar-refractivity contribution in [2.75, 3.05) is 11.5 Å². The van der Waals surface area contributed by atoms with Crippen molar-refractivity contribution in [2.45, 2.75) is 24.0 Å². The Labute approximate surface area is 103 Å². The van der Waals surface area contributed by atoms with Gasteiger partial charge >= 0.3 is 0 Å². The van der Waals surface area contributed by atoms with Crippen LogP contribution in [0.3, 0.4) is 0 Å². The van der Waals surface area contributed by atoms with Gasteiger partial charge in [-0.05, 0) is 23.6 Å². The first-order valence-electron chi connectivity index (χ1n) is 5.23. The molecular weight excluding hydrogens is 238 g/mol. The molecular formula is C11H13N3S2. The van der Waals surface area contributed by atoms with Crippen molar-refractivity contribution >= 4 is 34.6 Å². The van der Waals surface area contributed by atoms with Gasteiger partial charge in [-0.15, -0.1) is 11.8 Å². The third-order valence-corrected chi connectivity index (χ3v) is 3.53. The van der Waals surface area contributed by atoms with Gasteiger partial charge in [0.2, 0.25) is 0 Å². The average Bonchev–Trinajstić information content (AvgIpc) is 2.30. The molecule has 0 aliphatic carbocycles. The lowest BCUT2D eigenvalue weighted by atomic mass is 10.4. The molecule has 0 spiro atoms. The van der Waals surface area contributed by atoms with Crippen molar-refractivity contribution in [3.05, 3.63) is 18.3 Å². The fourth-order valence-corrected chi connectivity index (χ4v) is 2.70. The predicted molar refractivity (Wildman–Crippen MR) is 70.1 cm³/mol. The summed E-state index contributed by atoms with van der Waals surface area (Å²) in [6.45, 7) is 4.22. The Bertz CT molecular complexity index is 488. The number of nitrogens with zero attached hydrogens (tertiary/aromatic N) is 3. The Morgan fingerprint density at radius 1 is 1.12 bits per heavy atom. The molecule has 2 aromatic heterocycles. The summed E-state index contributed by atoms with van der Waals surface area (Å²) in [4.78, 5) is 13.4. The molecule has 16 heavy (non-hydrogen) atoms. The fourth-order valence-electron chi connectivity index (χ4n) is 1.35. The first-order chi connectivity index (χ1) is 7.85. The lowest BCUT2D eigenvalue weighted by molar-refractivity contribution is 0.922. The summed E-state index contributed by atoms with van der Waals surface area (Å²) in [7, 11) is 0. The number of rotatable bonds is 4. The van der Waals surface area contributed by atoms with Crippen LogP contribution in [0.15, 0.2) is 28.5 Å². The zero-order valence-electron chi connectivity index (χ0n) is 9.30. The van der Waals surface area contributed by atoms with E-state index < -0.39 is 0 Å². The summed E-state index contributed by atoms with van der Waals surface area (Å²) < 4.78 is 0. The molecule has 0 saturated heterocycles. The number of hydrogen-bond acceptors (Lipinski definition) is 5. The summed E-state index contributed by atoms with van der Waals surface area (Å²) in [6.07, 6.45) is 1.79. The van der Waals surface area contributed by atoms with Gasteiger partial charge in [-0.1, -0.05) is 25.6 Å². The van der Waals surface area contributed by atoms with Gasteiger partial charge in [0.05, 0.1) is 5.52 Å². The van der Waals surface area contributed by atoms with Crippen LogP contribution >= 0.6 is 23.5 Å². The van der Waals surface area contributed by atoms with Gasteiger partial charge in [-0.25, -0.2) is 9.97 Å². The van der Waals surface area contributed by atoms with Crippen LogP contribution in [0.25, 0.3) is 11.0 Å². The highest BCUT2D eigenvalue weighted by molar-refractivity contribution is 7.99. The van der Waals surface area contributed by atoms with Crippen LogP contribution in [-0.4, -0.2) is 26.5 Å². The van der Waals surface area contributed by atoms with E-state index >= 15 is 0 Å². The zero-order chi connectivity index (χ0) is 11.4. The molecule has 0 aliphatic heterocycles. The molecule has 3 nitrogen and oxygen atoms in total. The molecule has 0 atom stereocenters. The van der Waals surface area contributed by atoms with Crippen LogP contribution in [0.4, 0.5) is 0 Å². The van der Waals surface area contributed by atoms with Crippen LogP contribution in [0.1, 0.15) is 13.8 Å². The van der Waals surface area contributed by atoms with E-state index in [0.717, 1.165) is 32.7 Å². The highest BCUT2D eigenvalue weighted by Gasteiger charge is 2.08. The maximum absolute atomic E-state index is 4.53. The summed E-state index contributed by atoms with van der Waals surface area (Å²) >= 11 is 3.38. The number of thioether (sulfide) groups is 2. The van der Waals surface area contributed by atoms with Crippen LogP contribution in [-0.2, 0) is 0 Å². The Kier molecular flexibility index (Phi) is 4.01. The third-order valence-electron chi connectivity index (χ3n) is 1.96. The summed E-state index contributed by atoms with van der Waals surface area (Å²) in [6, 6.07) is 3.90. The molecule has 0 radical (unpaired) electrons. The predicted octanol–water partition coefficient (Wildman–Crippen LogP) is 3.25. The molecule has 2 rings (SSSR count). The lowest BCUT2D eigenvalue weighted by Crippen LogP contribution is -1.94. The Hall–Kier alpha value is -0.810. The molecule has 2 aromatic rings. The second-order valence-corrected chi connectivity index (χ2v) is 5.53. The largest absolute Gasteiger partial charge is 0.252 e. The molecule has 0 aromatic carbocycles. The number of hydrogen-bond donors (Lipinski definition) is 0. The number of fused-ring (bicyclic) bond motifs is 1. The van der Waals surface area contributed by atoms with Crippen molar-refractivity contribution < 1.29 is 0 Å². The highest BCUT2D eigenvalue weighted by Crippen LogP contribution is 2.26. The summed E-state index contributed by atoms with van der Waals surface area (Å²) in [5.41, 5.74) is 1.85. The normalized spacial score (nSPS) is 10.9. The van der Waals surface area contributed by atoms with Gasteiger partial charge in [-0.3, -0.25) is 4.98 Å². The SMILES string of the molecule is CCSc1nc(SCC)c2ncccc2n1. The van der Waals surface area contributed by atoms with Gasteiger partial charge in [0, 0.05) is 6.20 Å². The molecule has 0 amide bonds. The molecule has 0 unspecified atom stereocenters. The van der Waals surface area contributed by atoms with Crippen LogP contribution in [0, 0.1) is 0 Å². The van der Waals surface area contributed by atoms with Crippen molar-refractivity contribution in [3.8, 4) is 0 Å². The van der Waals surface area contributed by atoms with Crippen molar-refractivity contribution in [1.29, 1.82) is 0 Å². The quantitative estimate of drug-likeness (QED) is 0.474. The molecule has 0 aliphatic rings. The molecule has 84 valence electrons. The Morgan fingerprint density at radius 2 is 1.94 bits per heavy atom. The van der Waals surface area contributed by atoms with Crippen LogP contribution < -0.4 is 0 Å². The van der Waals surface area contributed by atoms with E-state index in [9.17, 15) is 0 Å². The van der Waals surface area contributed by atoms with E-state index in [2.05, 4.69) is 28.8 Å². The molecule has 0 saturated carbocycles. The van der Waals surface area contributed by atoms with Crippen LogP contribution in [0.2, 0.25) is 0 Å². The minimum Gasteiger partial charge on any atom is -0.252 e. The number of pyridine rings is 1. The number of aromatic nitrogens is 3. The van der Waals surface area contributed by atoms with E-state index in [1.807, 2.05) is 12.1 Å². The molecule has 0 bridgehead atoms. The lowest BCUT2D eigenvalue weighted by Gasteiger charge is -2.05. The second kappa shape index (κ2) is 5.50. The average molecular weight is 251 g/mol. The first kappa shape index (κ1) is 11.7. The van der Waals surface area contributed by atoms with Gasteiger partial charge in [0.25, 0.3) is 0 Å². The maximum Gasteiger partial charge on any atom is 0.189 e. The van der Waals surface area contributed by atoms with Gasteiger partial charge in [0.1, 0.15) is 10.5 Å². The summed E-state index contributed by atoms with van der Waals surface area (Å²) in [5, 5.41) is 1.84. The minimum absolute atomic E-state index is 0.846. The maximum atomic E-state index is 4.53. The monoisotopic (exact) mass is 251 g/mol. The zero-order valence-corrected chi connectivity index (χ0v) is 10.9. The molecule has 2 heterocycles. The van der Waals surface area contributed by atoms with E-state index in [4.69, 9.17) is 0 Å². The van der Waals surface area contributed by atoms with Crippen molar-refractivity contribution in [2.24, 2.45) is 0 Å². The standard InChI is InChI=1S/C11H13N3S2/c1-3-15-10-9-8(6-5-7-12-9)13-11(14-10)16-4-2/h5-7H,3-4H2,1-2H3. The molecule has 5 heteroatoms. The minimum atomic E-state index is 0.846. The third kappa shape index (κ3) is 2.47. The van der Waals surface area contributed by atoms with Crippen molar-refractivity contribution in [1.82, 2.24) is 15.0 Å². The smallest absolute Gasteiger partial charge is 0.189 e. The summed E-state index contributed by atoms with van der Waals surface area (Å²) in [5.74, 6) is 1.99. The van der Waals surface area contributed by atoms with Gasteiger partial charge in [0.15, 0.2) is 5.16 Å². The van der Waals surface area contributed by atoms with Crippen molar-refractivity contribution in [3.63, 3.8) is 0 Å². The Morgan fingerprint density at radius 3 is 2.69 bits per heavy atom. The van der Waals surface area contributed by atoms with Gasteiger partial charge in [-0.2, -0.15) is 0 Å². The fraction of sp³-hybridized carbons (Fsp3) is 0.364. The first-order valence-corrected chi connectivity index (χ1v) is 7.20. The molecule has 0 N–H and O–H groups in total. The van der Waals surface area contributed by atoms with Crippen LogP contribution in [0.5, 0.6) is 0 Å². The van der Waals surface area contributed by atoms with E-state index in [1.165, 1.54) is 0 Å². The Balaban J connectivity index is 2.54. The van der Waals surface area contributed by atoms with E-state index in [-0.39, 0.29) is 0 Å². The second-order valence-electron chi connectivity index (χ2n) is 3.05.